The first-order valence-corrected chi connectivity index (χ1v) is 12.1. The molecule has 0 aromatic heterocycles. The van der Waals surface area contributed by atoms with Gasteiger partial charge in [-0.2, -0.15) is 8.42 Å². The zero-order chi connectivity index (χ0) is 27.3. The molecular formula is C21H30FN3O8S. The Kier molecular flexibility index (Phi) is 8.66. The fraction of sp³-hybridized carbons (Fsp3) is 0.571. The largest absolute Gasteiger partial charge is 0.445 e. The fourth-order valence-electron chi connectivity index (χ4n) is 3.41. The maximum absolute atomic E-state index is 13.1. The summed E-state index contributed by atoms with van der Waals surface area (Å²) in [5, 5.41) is 17.1. The van der Waals surface area contributed by atoms with Gasteiger partial charge in [0.05, 0.1) is 8.78 Å². The van der Waals surface area contributed by atoms with Crippen molar-refractivity contribution in [3.05, 3.63) is 35.6 Å². The summed E-state index contributed by atoms with van der Waals surface area (Å²) >= 11 is 0. The minimum absolute atomic E-state index is 0.0130. The lowest BCUT2D eigenvalue weighted by molar-refractivity contribution is -0.126. The second kappa shape index (κ2) is 12.1. The first-order valence-electron chi connectivity index (χ1n) is 11.6. The molecule has 5 N–H and O–H groups in total. The Morgan fingerprint density at radius 1 is 1.29 bits per heavy atom. The predicted molar refractivity (Wildman–Crippen MR) is 118 cm³/mol. The monoisotopic (exact) mass is 505 g/mol. The molecule has 11 nitrogen and oxygen atoms in total. The molecule has 0 aliphatic carbocycles. The van der Waals surface area contributed by atoms with E-state index in [1.54, 1.807) is 13.8 Å². The van der Waals surface area contributed by atoms with E-state index in [0.717, 1.165) is 24.3 Å². The SMILES string of the molecule is [2H]C([2H])(OC(=O)N[C@@H](CC(C)C)C(=O)N[C@@H](C[C@@H]1CCNC1=O)C(O)S(=O)(=O)O)c1ccc(F)cc1. The van der Waals surface area contributed by atoms with Crippen molar-refractivity contribution in [3.8, 4) is 0 Å². The molecule has 34 heavy (non-hydrogen) atoms. The van der Waals surface area contributed by atoms with Crippen molar-refractivity contribution in [1.82, 2.24) is 16.0 Å². The average Bonchev–Trinajstić information content (AvgIpc) is 3.15. The van der Waals surface area contributed by atoms with Crippen molar-refractivity contribution < 1.29 is 44.3 Å². The van der Waals surface area contributed by atoms with E-state index in [-0.39, 0.29) is 24.3 Å². The van der Waals surface area contributed by atoms with Gasteiger partial charge in [-0.15, -0.1) is 0 Å². The number of nitrogens with one attached hydrogen (secondary N) is 3. The van der Waals surface area contributed by atoms with E-state index in [2.05, 4.69) is 16.0 Å². The quantitative estimate of drug-likeness (QED) is 0.273. The highest BCUT2D eigenvalue weighted by Crippen LogP contribution is 2.20. The Morgan fingerprint density at radius 3 is 2.47 bits per heavy atom. The number of hydrogen-bond acceptors (Lipinski definition) is 7. The molecule has 0 bridgehead atoms. The van der Waals surface area contributed by atoms with Crippen LogP contribution < -0.4 is 16.0 Å². The number of halogens is 1. The number of carbonyl (C=O) groups is 3. The second-order valence-corrected chi connectivity index (χ2v) is 9.87. The molecule has 0 saturated carbocycles. The number of carbonyl (C=O) groups excluding carboxylic acids is 3. The summed E-state index contributed by atoms with van der Waals surface area (Å²) in [7, 11) is -5.02. The van der Waals surface area contributed by atoms with Crippen molar-refractivity contribution in [1.29, 1.82) is 0 Å². The third-order valence-corrected chi connectivity index (χ3v) is 6.04. The smallest absolute Gasteiger partial charge is 0.408 e. The van der Waals surface area contributed by atoms with Crippen LogP contribution in [0.15, 0.2) is 24.3 Å². The summed E-state index contributed by atoms with van der Waals surface area (Å²) < 4.78 is 66.2. The van der Waals surface area contributed by atoms with Gasteiger partial charge in [-0.3, -0.25) is 14.1 Å². The molecule has 1 heterocycles. The summed E-state index contributed by atoms with van der Waals surface area (Å²) in [4.78, 5) is 37.3. The van der Waals surface area contributed by atoms with E-state index in [0.29, 0.717) is 13.0 Å². The molecule has 1 unspecified atom stereocenters. The molecule has 3 amide bonds. The van der Waals surface area contributed by atoms with Crippen molar-refractivity contribution in [2.24, 2.45) is 11.8 Å². The molecule has 4 atom stereocenters. The molecule has 1 saturated heterocycles. The summed E-state index contributed by atoms with van der Waals surface area (Å²) in [6, 6.07) is 1.20. The number of benzene rings is 1. The molecule has 0 spiro atoms. The molecule has 1 fully saturated rings. The first-order chi connectivity index (χ1) is 16.6. The van der Waals surface area contributed by atoms with Crippen LogP contribution in [-0.2, 0) is 31.0 Å². The van der Waals surface area contributed by atoms with Gasteiger partial charge in [-0.05, 0) is 42.9 Å². The topological polar surface area (TPSA) is 171 Å². The van der Waals surface area contributed by atoms with E-state index in [1.807, 2.05) is 0 Å². The van der Waals surface area contributed by atoms with Crippen LogP contribution >= 0.6 is 0 Å². The number of amides is 3. The van der Waals surface area contributed by atoms with Gasteiger partial charge in [0.15, 0.2) is 0 Å². The Balaban J connectivity index is 2.16. The van der Waals surface area contributed by atoms with Crippen LogP contribution in [0.1, 0.15) is 41.4 Å². The maximum atomic E-state index is 13.1. The summed E-state index contributed by atoms with van der Waals surface area (Å²) in [5.41, 5.74) is -2.59. The Hall–Kier alpha value is -2.77. The Bertz CT molecular complexity index is 1060. The second-order valence-electron chi connectivity index (χ2n) is 8.36. The lowest BCUT2D eigenvalue weighted by atomic mass is 9.97. The van der Waals surface area contributed by atoms with Crippen LogP contribution in [0.5, 0.6) is 0 Å². The van der Waals surface area contributed by atoms with Crippen molar-refractivity contribution in [2.75, 3.05) is 6.54 Å². The zero-order valence-corrected chi connectivity index (χ0v) is 19.5. The van der Waals surface area contributed by atoms with E-state index < -0.39 is 63.8 Å². The molecule has 1 aliphatic heterocycles. The van der Waals surface area contributed by atoms with Crippen molar-refractivity contribution >= 4 is 28.0 Å². The van der Waals surface area contributed by atoms with E-state index >= 15 is 0 Å². The fourth-order valence-corrected chi connectivity index (χ4v) is 4.01. The molecule has 0 radical (unpaired) electrons. The van der Waals surface area contributed by atoms with Gasteiger partial charge >= 0.3 is 6.09 Å². The zero-order valence-electron chi connectivity index (χ0n) is 20.7. The number of aliphatic hydroxyl groups is 1. The number of hydrogen-bond donors (Lipinski definition) is 5. The van der Waals surface area contributed by atoms with Gasteiger partial charge in [-0.1, -0.05) is 26.0 Å². The van der Waals surface area contributed by atoms with Crippen LogP contribution in [0, 0.1) is 17.7 Å². The number of alkyl carbamates (subject to hydrolysis) is 1. The van der Waals surface area contributed by atoms with Crippen LogP contribution in [0.2, 0.25) is 0 Å². The highest BCUT2D eigenvalue weighted by molar-refractivity contribution is 7.86. The summed E-state index contributed by atoms with van der Waals surface area (Å²) in [5.74, 6) is -2.88. The Labute approximate surface area is 200 Å². The molecule has 190 valence electrons. The average molecular weight is 506 g/mol. The van der Waals surface area contributed by atoms with Gasteiger partial charge in [0.1, 0.15) is 18.4 Å². The minimum Gasteiger partial charge on any atom is -0.445 e. The van der Waals surface area contributed by atoms with E-state index in [1.165, 1.54) is 0 Å². The van der Waals surface area contributed by atoms with E-state index in [4.69, 9.17) is 7.48 Å². The third-order valence-electron chi connectivity index (χ3n) is 5.10. The molecule has 1 aliphatic rings. The van der Waals surface area contributed by atoms with Crippen molar-refractivity contribution in [3.63, 3.8) is 0 Å². The molecule has 1 aromatic rings. The normalized spacial score (nSPS) is 19.9. The third kappa shape index (κ3) is 8.54. The Morgan fingerprint density at radius 2 is 1.94 bits per heavy atom. The van der Waals surface area contributed by atoms with Gasteiger partial charge < -0.3 is 25.8 Å². The van der Waals surface area contributed by atoms with Crippen LogP contribution in [0.25, 0.3) is 0 Å². The molecule has 13 heteroatoms. The number of aliphatic hydroxyl groups excluding tert-OH is 1. The molecule has 2 rings (SSSR count). The van der Waals surface area contributed by atoms with Gasteiger partial charge in [0.2, 0.25) is 17.3 Å². The van der Waals surface area contributed by atoms with Crippen LogP contribution in [0.3, 0.4) is 0 Å². The number of ether oxygens (including phenoxy) is 1. The van der Waals surface area contributed by atoms with Crippen LogP contribution in [-0.4, -0.2) is 60.0 Å². The van der Waals surface area contributed by atoms with Gasteiger partial charge in [-0.25, -0.2) is 9.18 Å². The predicted octanol–water partition coefficient (Wildman–Crippen LogP) is 0.684. The van der Waals surface area contributed by atoms with Gasteiger partial charge in [0.25, 0.3) is 10.1 Å². The summed E-state index contributed by atoms with van der Waals surface area (Å²) in [6.07, 6.45) is -1.29. The molecule has 1 aromatic carbocycles. The molecular weight excluding hydrogens is 473 g/mol. The minimum atomic E-state index is -5.02. The highest BCUT2D eigenvalue weighted by Gasteiger charge is 2.37. The summed E-state index contributed by atoms with van der Waals surface area (Å²) in [6.45, 7) is 1.10. The first kappa shape index (κ1) is 24.4. The lowest BCUT2D eigenvalue weighted by Gasteiger charge is -2.27. The maximum Gasteiger partial charge on any atom is 0.408 e. The van der Waals surface area contributed by atoms with Gasteiger partial charge in [0, 0.05) is 12.5 Å². The highest BCUT2D eigenvalue weighted by atomic mass is 32.2. The van der Waals surface area contributed by atoms with E-state index in [9.17, 15) is 36.9 Å². The van der Waals surface area contributed by atoms with Crippen LogP contribution in [0.4, 0.5) is 9.18 Å². The number of rotatable bonds is 11. The van der Waals surface area contributed by atoms with Crippen molar-refractivity contribution in [2.45, 2.75) is 57.2 Å². The standard InChI is InChI=1S/C21H30FN3O8S/c1-12(2)9-16(25-21(29)33-11-13-3-5-15(22)6-4-13)19(27)24-17(20(28)34(30,31)32)10-14-7-8-23-18(14)26/h3-6,12,14,16-17,20,28H,7-11H2,1-2H3,(H,23,26)(H,24,27)(H,25,29)(H,30,31,32)/t14-,16-,17-,20?/m0/s1/i11D2. The lowest BCUT2D eigenvalue weighted by Crippen LogP contribution is -2.54.